The molecule has 0 atom stereocenters. The van der Waals surface area contributed by atoms with E-state index in [-0.39, 0.29) is 16.2 Å². The van der Waals surface area contributed by atoms with Crippen LogP contribution in [0.5, 0.6) is 0 Å². The summed E-state index contributed by atoms with van der Waals surface area (Å²) >= 11 is 5.61. The van der Waals surface area contributed by atoms with Crippen LogP contribution in [0.3, 0.4) is 0 Å². The number of pyridine rings is 1. The van der Waals surface area contributed by atoms with Gasteiger partial charge in [0.1, 0.15) is 5.15 Å². The van der Waals surface area contributed by atoms with E-state index in [2.05, 4.69) is 9.72 Å². The van der Waals surface area contributed by atoms with E-state index in [4.69, 9.17) is 21.6 Å². The summed E-state index contributed by atoms with van der Waals surface area (Å²) < 4.78 is 4.42. The lowest BCUT2D eigenvalue weighted by molar-refractivity contribution is 0.0601. The summed E-state index contributed by atoms with van der Waals surface area (Å²) in [6, 6.07) is 1.28. The smallest absolute Gasteiger partial charge is 0.465 e. The van der Waals surface area contributed by atoms with Crippen molar-refractivity contribution in [2.45, 2.75) is 0 Å². The minimum atomic E-state index is -1.79. The van der Waals surface area contributed by atoms with Crippen molar-refractivity contribution in [1.82, 2.24) is 4.98 Å². The fourth-order valence-corrected chi connectivity index (χ4v) is 1.21. The number of aromatic nitrogens is 1. The van der Waals surface area contributed by atoms with Crippen molar-refractivity contribution >= 4 is 30.2 Å². The molecule has 0 saturated heterocycles. The fraction of sp³-hybridized carbons (Fsp3) is 0.143. The quantitative estimate of drug-likeness (QED) is 0.384. The fourth-order valence-electron chi connectivity index (χ4n) is 0.969. The number of rotatable bonds is 2. The third kappa shape index (κ3) is 2.04. The summed E-state index contributed by atoms with van der Waals surface area (Å²) in [5, 5.41) is 17.7. The normalized spacial score (nSPS) is 9.71. The number of hydrogen-bond donors (Lipinski definition) is 2. The summed E-state index contributed by atoms with van der Waals surface area (Å²) in [7, 11) is -0.622. The lowest BCUT2D eigenvalue weighted by Gasteiger charge is -2.07. The zero-order valence-electron chi connectivity index (χ0n) is 7.27. The van der Waals surface area contributed by atoms with Gasteiger partial charge in [0.25, 0.3) is 0 Å². The highest BCUT2D eigenvalue weighted by molar-refractivity contribution is 6.61. The lowest BCUT2D eigenvalue weighted by atomic mass is 9.78. The van der Waals surface area contributed by atoms with Crippen molar-refractivity contribution in [3.05, 3.63) is 23.0 Å². The Morgan fingerprint density at radius 1 is 1.64 bits per heavy atom. The van der Waals surface area contributed by atoms with Gasteiger partial charge in [-0.15, -0.1) is 0 Å². The highest BCUT2D eigenvalue weighted by Gasteiger charge is 2.24. The van der Waals surface area contributed by atoms with Crippen molar-refractivity contribution < 1.29 is 19.6 Å². The number of carbonyl (C=O) groups is 1. The molecule has 1 heterocycles. The minimum Gasteiger partial charge on any atom is -0.465 e. The van der Waals surface area contributed by atoms with E-state index in [0.717, 1.165) is 0 Å². The molecule has 1 aromatic heterocycles. The molecule has 0 radical (unpaired) electrons. The molecule has 0 bridgehead atoms. The Hall–Kier alpha value is -1.11. The first-order valence-electron chi connectivity index (χ1n) is 3.66. The van der Waals surface area contributed by atoms with E-state index in [1.165, 1.54) is 19.4 Å². The molecule has 0 aliphatic heterocycles. The first-order valence-corrected chi connectivity index (χ1v) is 4.04. The van der Waals surface area contributed by atoms with Gasteiger partial charge in [-0.2, -0.15) is 0 Å². The summed E-state index contributed by atoms with van der Waals surface area (Å²) in [6.07, 6.45) is 1.27. The molecule has 0 aliphatic carbocycles. The van der Waals surface area contributed by atoms with Crippen molar-refractivity contribution in [3.8, 4) is 0 Å². The molecule has 0 aliphatic rings. The van der Waals surface area contributed by atoms with Gasteiger partial charge in [-0.25, -0.2) is 9.78 Å². The van der Waals surface area contributed by atoms with Crippen LogP contribution in [0.4, 0.5) is 0 Å². The molecule has 0 spiro atoms. The van der Waals surface area contributed by atoms with Crippen LogP contribution in [0.15, 0.2) is 12.3 Å². The maximum atomic E-state index is 11.2. The first kappa shape index (κ1) is 11.0. The number of esters is 1. The van der Waals surface area contributed by atoms with Gasteiger partial charge >= 0.3 is 13.1 Å². The molecule has 2 N–H and O–H groups in total. The molecule has 7 heteroatoms. The monoisotopic (exact) mass is 215 g/mol. The number of halogens is 1. The molecule has 0 saturated carbocycles. The van der Waals surface area contributed by atoms with E-state index in [9.17, 15) is 4.79 Å². The van der Waals surface area contributed by atoms with Crippen molar-refractivity contribution in [3.63, 3.8) is 0 Å². The number of hydrogen-bond acceptors (Lipinski definition) is 5. The largest absolute Gasteiger partial charge is 0.489 e. The Morgan fingerprint density at radius 3 is 2.79 bits per heavy atom. The van der Waals surface area contributed by atoms with Crippen LogP contribution in [-0.4, -0.2) is 35.2 Å². The molecule has 1 aromatic rings. The number of ether oxygens (including phenoxy) is 1. The molecule has 0 unspecified atom stereocenters. The molecule has 0 aromatic carbocycles. The van der Waals surface area contributed by atoms with E-state index in [1.54, 1.807) is 0 Å². The minimum absolute atomic E-state index is 0.0307. The van der Waals surface area contributed by atoms with Crippen LogP contribution in [0.25, 0.3) is 0 Å². The Bertz CT molecular complexity index is 358. The van der Waals surface area contributed by atoms with Crippen LogP contribution >= 0.6 is 11.6 Å². The predicted molar refractivity (Wildman–Crippen MR) is 50.4 cm³/mol. The Morgan fingerprint density at radius 2 is 2.29 bits per heavy atom. The Labute approximate surface area is 85.4 Å². The Balaban J connectivity index is 3.29. The van der Waals surface area contributed by atoms with Gasteiger partial charge in [-0.3, -0.25) is 0 Å². The number of nitrogens with zero attached hydrogens (tertiary/aromatic N) is 1. The topological polar surface area (TPSA) is 79.7 Å². The summed E-state index contributed by atoms with van der Waals surface area (Å²) in [5.74, 6) is -0.758. The molecular formula is C7H7BClNO4. The highest BCUT2D eigenvalue weighted by atomic mass is 35.5. The predicted octanol–water partition coefficient (Wildman–Crippen LogP) is -0.799. The average Bonchev–Trinajstić information content (AvgIpc) is 2.16. The maximum absolute atomic E-state index is 11.2. The lowest BCUT2D eigenvalue weighted by Crippen LogP contribution is -2.35. The van der Waals surface area contributed by atoms with Crippen molar-refractivity contribution in [1.29, 1.82) is 0 Å². The second-order valence-corrected chi connectivity index (χ2v) is 2.79. The maximum Gasteiger partial charge on any atom is 0.489 e. The zero-order valence-corrected chi connectivity index (χ0v) is 8.02. The third-order valence-corrected chi connectivity index (χ3v) is 1.89. The van der Waals surface area contributed by atoms with Gasteiger partial charge in [0.05, 0.1) is 12.7 Å². The van der Waals surface area contributed by atoms with Gasteiger partial charge in [0, 0.05) is 11.7 Å². The van der Waals surface area contributed by atoms with Gasteiger partial charge < -0.3 is 14.8 Å². The summed E-state index contributed by atoms with van der Waals surface area (Å²) in [5.41, 5.74) is -0.163. The van der Waals surface area contributed by atoms with Crippen LogP contribution in [0, 0.1) is 0 Å². The molecule has 0 amide bonds. The van der Waals surface area contributed by atoms with Crippen LogP contribution in [0.1, 0.15) is 10.4 Å². The van der Waals surface area contributed by atoms with E-state index >= 15 is 0 Å². The van der Waals surface area contributed by atoms with Crippen molar-refractivity contribution in [2.24, 2.45) is 0 Å². The standard InChI is InChI=1S/C7H7BClNO4/c1-14-7(11)5-4(8(12)13)2-3-10-6(5)9/h2-3,12-13H,1H3. The highest BCUT2D eigenvalue weighted by Crippen LogP contribution is 2.11. The van der Waals surface area contributed by atoms with E-state index < -0.39 is 13.1 Å². The SMILES string of the molecule is COC(=O)c1c(B(O)O)ccnc1Cl. The van der Waals surface area contributed by atoms with Gasteiger partial charge in [-0.05, 0) is 6.07 Å². The molecule has 74 valence electrons. The van der Waals surface area contributed by atoms with Gasteiger partial charge in [0.15, 0.2) is 0 Å². The van der Waals surface area contributed by atoms with Gasteiger partial charge in [0.2, 0.25) is 0 Å². The van der Waals surface area contributed by atoms with Crippen LogP contribution < -0.4 is 5.46 Å². The van der Waals surface area contributed by atoms with Crippen molar-refractivity contribution in [2.75, 3.05) is 7.11 Å². The third-order valence-electron chi connectivity index (χ3n) is 1.60. The Kier molecular flexibility index (Phi) is 3.46. The number of carbonyl (C=O) groups excluding carboxylic acids is 1. The summed E-state index contributed by atoms with van der Waals surface area (Å²) in [4.78, 5) is 14.8. The molecule has 0 fully saturated rings. The first-order chi connectivity index (χ1) is 6.57. The summed E-state index contributed by atoms with van der Waals surface area (Å²) in [6.45, 7) is 0. The zero-order chi connectivity index (χ0) is 10.7. The number of methoxy groups -OCH3 is 1. The van der Waals surface area contributed by atoms with E-state index in [0.29, 0.717) is 0 Å². The molecular weight excluding hydrogens is 208 g/mol. The molecule has 5 nitrogen and oxygen atoms in total. The second-order valence-electron chi connectivity index (χ2n) is 2.43. The molecule has 1 rings (SSSR count). The van der Waals surface area contributed by atoms with Crippen LogP contribution in [0.2, 0.25) is 5.15 Å². The van der Waals surface area contributed by atoms with Crippen LogP contribution in [-0.2, 0) is 4.74 Å². The van der Waals surface area contributed by atoms with E-state index in [1.807, 2.05) is 0 Å². The van der Waals surface area contributed by atoms with Gasteiger partial charge in [-0.1, -0.05) is 11.6 Å². The average molecular weight is 215 g/mol. The molecule has 14 heavy (non-hydrogen) atoms. The second kappa shape index (κ2) is 4.41.